The molecular weight excluding hydrogens is 668 g/mol. The molecule has 0 aliphatic carbocycles. The molecule has 0 fully saturated rings. The van der Waals surface area contributed by atoms with E-state index in [9.17, 15) is 14.4 Å². The van der Waals surface area contributed by atoms with Gasteiger partial charge in [0.25, 0.3) is 5.56 Å². The Hall–Kier alpha value is -3.22. The van der Waals surface area contributed by atoms with Gasteiger partial charge < -0.3 is 18.9 Å². The van der Waals surface area contributed by atoms with Crippen molar-refractivity contribution >= 4 is 61.2 Å². The van der Waals surface area contributed by atoms with E-state index in [1.165, 1.54) is 11.5 Å². The zero-order valence-electron chi connectivity index (χ0n) is 22.4. The summed E-state index contributed by atoms with van der Waals surface area (Å²) in [6.07, 6.45) is 1.64. The van der Waals surface area contributed by atoms with Crippen LogP contribution in [0.1, 0.15) is 44.9 Å². The molecule has 9 nitrogen and oxygen atoms in total. The smallest absolute Gasteiger partial charge is 0.338 e. The summed E-state index contributed by atoms with van der Waals surface area (Å²) >= 11 is 8.04. The SMILES string of the molecule is CCOC(=O)C1=C(C)N=c2s/c(=C\c3cc(Br)cc(Br)c3OC(C)=O)c(=O)n2[C@H]1c1ccc(OC)c(OCC)c1. The summed E-state index contributed by atoms with van der Waals surface area (Å²) in [5.41, 5.74) is 1.44. The lowest BCUT2D eigenvalue weighted by molar-refractivity contribution is -0.139. The predicted octanol–water partition coefficient (Wildman–Crippen LogP) is 4.66. The van der Waals surface area contributed by atoms with Gasteiger partial charge in [0, 0.05) is 17.0 Å². The molecule has 0 saturated carbocycles. The average molecular weight is 694 g/mol. The highest BCUT2D eigenvalue weighted by molar-refractivity contribution is 9.11. The van der Waals surface area contributed by atoms with E-state index in [0.29, 0.717) is 53.2 Å². The van der Waals surface area contributed by atoms with Crippen molar-refractivity contribution in [1.82, 2.24) is 4.57 Å². The molecular formula is C28H26Br2N2O7S. The van der Waals surface area contributed by atoms with E-state index in [0.717, 1.165) is 11.3 Å². The molecule has 0 unspecified atom stereocenters. The largest absolute Gasteiger partial charge is 0.493 e. The molecule has 3 aromatic rings. The van der Waals surface area contributed by atoms with Crippen LogP contribution in [0.25, 0.3) is 6.08 Å². The van der Waals surface area contributed by atoms with Gasteiger partial charge in [0.2, 0.25) is 0 Å². The number of fused-ring (bicyclic) bond motifs is 1. The van der Waals surface area contributed by atoms with Crippen molar-refractivity contribution in [2.75, 3.05) is 20.3 Å². The normalized spacial score (nSPS) is 14.9. The van der Waals surface area contributed by atoms with E-state index in [-0.39, 0.29) is 23.5 Å². The van der Waals surface area contributed by atoms with Crippen molar-refractivity contribution in [3.05, 3.63) is 81.4 Å². The Morgan fingerprint density at radius 3 is 2.52 bits per heavy atom. The van der Waals surface area contributed by atoms with Gasteiger partial charge in [-0.2, -0.15) is 0 Å². The van der Waals surface area contributed by atoms with E-state index < -0.39 is 18.0 Å². The summed E-state index contributed by atoms with van der Waals surface area (Å²) in [5.74, 6) is 0.212. The molecule has 2 aromatic carbocycles. The summed E-state index contributed by atoms with van der Waals surface area (Å²) in [6, 6.07) is 7.93. The molecule has 0 saturated heterocycles. The number of ether oxygens (including phenoxy) is 4. The second kappa shape index (κ2) is 12.5. The number of rotatable bonds is 8. The zero-order valence-corrected chi connectivity index (χ0v) is 26.4. The fourth-order valence-corrected chi connectivity index (χ4v) is 6.70. The number of hydrogen-bond acceptors (Lipinski definition) is 9. The summed E-state index contributed by atoms with van der Waals surface area (Å²) in [7, 11) is 1.54. The van der Waals surface area contributed by atoms with Crippen LogP contribution in [0.5, 0.6) is 17.2 Å². The standard InChI is InChI=1S/C28H26Br2N2O7S/c1-6-37-21-11-16(8-9-20(21)36-5)24-23(27(35)38-7-2)14(3)31-28-32(24)26(34)22(40-28)12-17-10-18(29)13-19(30)25(17)39-15(4)33/h8-13,24H,6-7H2,1-5H3/b22-12-/t24-/m0/s1. The summed E-state index contributed by atoms with van der Waals surface area (Å²) in [6.45, 7) is 7.15. The van der Waals surface area contributed by atoms with Crippen LogP contribution in [-0.4, -0.2) is 36.8 Å². The van der Waals surface area contributed by atoms with E-state index in [2.05, 4.69) is 36.9 Å². The molecule has 0 radical (unpaired) electrons. The first-order chi connectivity index (χ1) is 19.1. The lowest BCUT2D eigenvalue weighted by Gasteiger charge is -2.25. The molecule has 2 heterocycles. The van der Waals surface area contributed by atoms with Gasteiger partial charge in [0.1, 0.15) is 0 Å². The number of thiazole rings is 1. The Morgan fingerprint density at radius 2 is 1.88 bits per heavy atom. The van der Waals surface area contributed by atoms with Gasteiger partial charge in [0.15, 0.2) is 22.0 Å². The average Bonchev–Trinajstić information content (AvgIpc) is 3.19. The molecule has 0 N–H and O–H groups in total. The Labute approximate surface area is 251 Å². The molecule has 12 heteroatoms. The molecule has 4 rings (SSSR count). The Bertz CT molecular complexity index is 1710. The molecule has 0 amide bonds. The molecule has 0 spiro atoms. The van der Waals surface area contributed by atoms with Crippen molar-refractivity contribution < 1.29 is 28.5 Å². The minimum absolute atomic E-state index is 0.163. The van der Waals surface area contributed by atoms with Crippen LogP contribution >= 0.6 is 43.2 Å². The van der Waals surface area contributed by atoms with Crippen molar-refractivity contribution in [1.29, 1.82) is 0 Å². The third-order valence-corrected chi connectivity index (χ3v) is 7.92. The second-order valence-corrected chi connectivity index (χ2v) is 11.3. The van der Waals surface area contributed by atoms with Gasteiger partial charge in [-0.3, -0.25) is 14.2 Å². The molecule has 210 valence electrons. The van der Waals surface area contributed by atoms with Crippen LogP contribution in [0.4, 0.5) is 0 Å². The monoisotopic (exact) mass is 692 g/mol. The van der Waals surface area contributed by atoms with Crippen LogP contribution in [0.2, 0.25) is 0 Å². The number of hydrogen-bond donors (Lipinski definition) is 0. The Kier molecular flexibility index (Phi) is 9.32. The van der Waals surface area contributed by atoms with Crippen LogP contribution in [-0.2, 0) is 14.3 Å². The van der Waals surface area contributed by atoms with Crippen LogP contribution in [0.15, 0.2) is 60.3 Å². The van der Waals surface area contributed by atoms with Crippen LogP contribution < -0.4 is 29.1 Å². The van der Waals surface area contributed by atoms with Crippen molar-refractivity contribution in [3.8, 4) is 17.2 Å². The summed E-state index contributed by atoms with van der Waals surface area (Å²) in [5, 5.41) is 0. The maximum absolute atomic E-state index is 14.0. The number of methoxy groups -OCH3 is 1. The number of aromatic nitrogens is 1. The third-order valence-electron chi connectivity index (χ3n) is 5.89. The fraction of sp³-hybridized carbons (Fsp3) is 0.286. The van der Waals surface area contributed by atoms with Crippen molar-refractivity contribution in [2.45, 2.75) is 33.7 Å². The number of allylic oxidation sites excluding steroid dienone is 1. The minimum Gasteiger partial charge on any atom is -0.493 e. The first-order valence-corrected chi connectivity index (χ1v) is 14.7. The highest BCUT2D eigenvalue weighted by Crippen LogP contribution is 2.37. The van der Waals surface area contributed by atoms with Gasteiger partial charge in [0.05, 0.1) is 46.6 Å². The molecule has 0 bridgehead atoms. The number of benzene rings is 2. The van der Waals surface area contributed by atoms with Gasteiger partial charge in [-0.1, -0.05) is 33.3 Å². The summed E-state index contributed by atoms with van der Waals surface area (Å²) in [4.78, 5) is 44.0. The predicted molar refractivity (Wildman–Crippen MR) is 158 cm³/mol. The van der Waals surface area contributed by atoms with E-state index >= 15 is 0 Å². The molecule has 1 aliphatic heterocycles. The highest BCUT2D eigenvalue weighted by atomic mass is 79.9. The molecule has 40 heavy (non-hydrogen) atoms. The van der Waals surface area contributed by atoms with Gasteiger partial charge in [-0.15, -0.1) is 0 Å². The number of carbonyl (C=O) groups excluding carboxylic acids is 2. The quantitative estimate of drug-likeness (QED) is 0.250. The number of carbonyl (C=O) groups is 2. The number of esters is 2. The second-order valence-electron chi connectivity index (χ2n) is 8.55. The third kappa shape index (κ3) is 5.93. The Morgan fingerprint density at radius 1 is 1.12 bits per heavy atom. The van der Waals surface area contributed by atoms with Crippen molar-refractivity contribution in [3.63, 3.8) is 0 Å². The van der Waals surface area contributed by atoms with Crippen LogP contribution in [0.3, 0.4) is 0 Å². The number of halogens is 2. The van der Waals surface area contributed by atoms with E-state index in [4.69, 9.17) is 18.9 Å². The summed E-state index contributed by atoms with van der Waals surface area (Å²) < 4.78 is 25.1. The highest BCUT2D eigenvalue weighted by Gasteiger charge is 2.34. The maximum atomic E-state index is 14.0. The van der Waals surface area contributed by atoms with Crippen LogP contribution in [0, 0.1) is 0 Å². The topological polar surface area (TPSA) is 105 Å². The number of nitrogens with zero attached hydrogens (tertiary/aromatic N) is 2. The minimum atomic E-state index is -0.829. The lowest BCUT2D eigenvalue weighted by atomic mass is 9.95. The molecule has 1 aromatic heterocycles. The molecule has 1 aliphatic rings. The van der Waals surface area contributed by atoms with Gasteiger partial charge >= 0.3 is 11.9 Å². The molecule has 1 atom stereocenters. The first-order valence-electron chi connectivity index (χ1n) is 12.3. The van der Waals surface area contributed by atoms with Gasteiger partial charge in [-0.05, 0) is 72.6 Å². The Balaban J connectivity index is 2.00. The lowest BCUT2D eigenvalue weighted by Crippen LogP contribution is -2.40. The van der Waals surface area contributed by atoms with Crippen molar-refractivity contribution in [2.24, 2.45) is 4.99 Å². The maximum Gasteiger partial charge on any atom is 0.338 e. The van der Waals surface area contributed by atoms with E-state index in [1.807, 2.05) is 6.92 Å². The van der Waals surface area contributed by atoms with Gasteiger partial charge in [-0.25, -0.2) is 9.79 Å². The fourth-order valence-electron chi connectivity index (χ4n) is 4.32. The van der Waals surface area contributed by atoms with E-state index in [1.54, 1.807) is 57.4 Å². The zero-order chi connectivity index (χ0) is 29.1. The first kappa shape index (κ1) is 29.8.